The van der Waals surface area contributed by atoms with E-state index in [1.807, 2.05) is 0 Å². The van der Waals surface area contributed by atoms with Crippen molar-refractivity contribution in [2.45, 2.75) is 25.5 Å². The molecule has 0 heterocycles. The lowest BCUT2D eigenvalue weighted by Crippen LogP contribution is -2.42. The third kappa shape index (κ3) is 4.89. The molecule has 6 nitrogen and oxygen atoms in total. The number of hydrogen-bond acceptors (Lipinski definition) is 3. The molecule has 110 valence electrons. The van der Waals surface area contributed by atoms with Crippen molar-refractivity contribution in [1.82, 2.24) is 10.2 Å². The van der Waals surface area contributed by atoms with Gasteiger partial charge in [0.1, 0.15) is 0 Å². The van der Waals surface area contributed by atoms with E-state index in [1.54, 1.807) is 44.3 Å². The fourth-order valence-electron chi connectivity index (χ4n) is 1.65. The van der Waals surface area contributed by atoms with Crippen molar-refractivity contribution in [3.8, 4) is 0 Å². The van der Waals surface area contributed by atoms with Crippen molar-refractivity contribution in [3.63, 3.8) is 0 Å². The number of aliphatic carboxylic acids is 1. The summed E-state index contributed by atoms with van der Waals surface area (Å²) in [6, 6.07) is 6.94. The van der Waals surface area contributed by atoms with E-state index in [9.17, 15) is 19.8 Å². The first-order valence-electron chi connectivity index (χ1n) is 6.39. The molecule has 20 heavy (non-hydrogen) atoms. The van der Waals surface area contributed by atoms with Crippen LogP contribution in [0.1, 0.15) is 24.9 Å². The monoisotopic (exact) mass is 280 g/mol. The van der Waals surface area contributed by atoms with Crippen molar-refractivity contribution in [3.05, 3.63) is 35.9 Å². The molecule has 0 aromatic heterocycles. The largest absolute Gasteiger partial charge is 0.479 e. The lowest BCUT2D eigenvalue weighted by molar-refractivity contribution is -0.139. The van der Waals surface area contributed by atoms with Gasteiger partial charge in [-0.1, -0.05) is 30.3 Å². The summed E-state index contributed by atoms with van der Waals surface area (Å²) in [6.45, 7) is 1.99. The highest BCUT2D eigenvalue weighted by molar-refractivity contribution is 5.83. The maximum Gasteiger partial charge on any atom is 0.330 e. The number of aliphatic hydroxyl groups excluding tert-OH is 1. The zero-order valence-electron chi connectivity index (χ0n) is 11.6. The van der Waals surface area contributed by atoms with Crippen molar-refractivity contribution < 1.29 is 19.8 Å². The normalized spacial score (nSPS) is 13.3. The predicted molar refractivity (Wildman–Crippen MR) is 74.3 cm³/mol. The molecule has 0 saturated heterocycles. The third-order valence-electron chi connectivity index (χ3n) is 2.88. The van der Waals surface area contributed by atoms with Crippen LogP contribution < -0.4 is 5.32 Å². The molecule has 0 aliphatic rings. The van der Waals surface area contributed by atoms with Crippen LogP contribution in [0.2, 0.25) is 0 Å². The Balaban J connectivity index is 2.67. The quantitative estimate of drug-likeness (QED) is 0.731. The van der Waals surface area contributed by atoms with Crippen molar-refractivity contribution in [1.29, 1.82) is 0 Å². The molecular weight excluding hydrogens is 260 g/mol. The van der Waals surface area contributed by atoms with E-state index in [0.717, 1.165) is 0 Å². The minimum absolute atomic E-state index is 0.352. The maximum absolute atomic E-state index is 11.9. The van der Waals surface area contributed by atoms with Crippen LogP contribution in [0, 0.1) is 0 Å². The third-order valence-corrected chi connectivity index (χ3v) is 2.88. The van der Waals surface area contributed by atoms with E-state index in [1.165, 1.54) is 4.90 Å². The second kappa shape index (κ2) is 7.49. The fourth-order valence-corrected chi connectivity index (χ4v) is 1.65. The van der Waals surface area contributed by atoms with E-state index in [4.69, 9.17) is 0 Å². The number of nitrogens with one attached hydrogen (secondary N) is 1. The van der Waals surface area contributed by atoms with Gasteiger partial charge in [0, 0.05) is 13.6 Å². The predicted octanol–water partition coefficient (Wildman–Crippen LogP) is 1.22. The summed E-state index contributed by atoms with van der Waals surface area (Å²) in [5.41, 5.74) is 0.511. The van der Waals surface area contributed by atoms with Crippen LogP contribution in [0.3, 0.4) is 0 Å². The van der Waals surface area contributed by atoms with E-state index >= 15 is 0 Å². The van der Waals surface area contributed by atoms with E-state index in [0.29, 0.717) is 18.5 Å². The molecule has 2 atom stereocenters. The zero-order chi connectivity index (χ0) is 15.1. The van der Waals surface area contributed by atoms with Crippen molar-refractivity contribution >= 4 is 12.0 Å². The molecule has 1 aromatic carbocycles. The average molecular weight is 280 g/mol. The molecule has 0 aliphatic heterocycles. The van der Waals surface area contributed by atoms with Gasteiger partial charge < -0.3 is 20.4 Å². The number of carbonyl (C=O) groups is 2. The summed E-state index contributed by atoms with van der Waals surface area (Å²) in [6.07, 6.45) is -0.0675. The molecular formula is C14H20N2O4. The first-order valence-corrected chi connectivity index (χ1v) is 6.39. The van der Waals surface area contributed by atoms with Gasteiger partial charge in [-0.25, -0.2) is 9.59 Å². The Morgan fingerprint density at radius 3 is 2.40 bits per heavy atom. The average Bonchev–Trinajstić information content (AvgIpc) is 2.42. The summed E-state index contributed by atoms with van der Waals surface area (Å²) in [7, 11) is 1.56. The number of amides is 2. The highest BCUT2D eigenvalue weighted by Gasteiger charge is 2.23. The molecule has 0 fully saturated rings. The van der Waals surface area contributed by atoms with Crippen LogP contribution in [0.5, 0.6) is 0 Å². The number of carbonyl (C=O) groups excluding carboxylic acids is 1. The molecule has 2 amide bonds. The Bertz CT molecular complexity index is 448. The van der Waals surface area contributed by atoms with Crippen molar-refractivity contribution in [2.24, 2.45) is 0 Å². The summed E-state index contributed by atoms with van der Waals surface area (Å²) in [4.78, 5) is 24.5. The number of nitrogens with zero attached hydrogens (tertiary/aromatic N) is 1. The van der Waals surface area contributed by atoms with E-state index in [-0.39, 0.29) is 0 Å². The SMILES string of the molecule is CC(O)CCN(C)C(=O)N[C@H](C(=O)O)c1ccccc1. The Morgan fingerprint density at radius 1 is 1.30 bits per heavy atom. The molecule has 1 rings (SSSR count). The van der Waals surface area contributed by atoms with Gasteiger partial charge in [0.2, 0.25) is 0 Å². The lowest BCUT2D eigenvalue weighted by atomic mass is 10.1. The van der Waals surface area contributed by atoms with Gasteiger partial charge in [0.05, 0.1) is 6.10 Å². The first-order chi connectivity index (χ1) is 9.41. The summed E-state index contributed by atoms with van der Waals surface area (Å²) in [5.74, 6) is -1.12. The summed E-state index contributed by atoms with van der Waals surface area (Å²) >= 11 is 0. The molecule has 0 aliphatic carbocycles. The Labute approximate surface area is 118 Å². The standard InChI is InChI=1S/C14H20N2O4/c1-10(17)8-9-16(2)14(20)15-12(13(18)19)11-6-4-3-5-7-11/h3-7,10,12,17H,8-9H2,1-2H3,(H,15,20)(H,18,19)/t10?,12-/m0/s1. The van der Waals surface area contributed by atoms with Gasteiger partial charge in [-0.3, -0.25) is 0 Å². The molecule has 1 aromatic rings. The van der Waals surface area contributed by atoms with Gasteiger partial charge in [-0.2, -0.15) is 0 Å². The van der Waals surface area contributed by atoms with Gasteiger partial charge in [-0.05, 0) is 18.9 Å². The van der Waals surface area contributed by atoms with Gasteiger partial charge in [0.15, 0.2) is 6.04 Å². The van der Waals surface area contributed by atoms with Gasteiger partial charge in [-0.15, -0.1) is 0 Å². The Kier molecular flexibility index (Phi) is 5.99. The van der Waals surface area contributed by atoms with Crippen LogP contribution in [0.15, 0.2) is 30.3 Å². The van der Waals surface area contributed by atoms with E-state index < -0.39 is 24.1 Å². The van der Waals surface area contributed by atoms with Crippen LogP contribution in [-0.2, 0) is 4.79 Å². The summed E-state index contributed by atoms with van der Waals surface area (Å²) in [5, 5.41) is 20.8. The number of aliphatic hydroxyl groups is 1. The molecule has 0 spiro atoms. The molecule has 0 radical (unpaired) electrons. The second-order valence-corrected chi connectivity index (χ2v) is 4.69. The van der Waals surface area contributed by atoms with Crippen LogP contribution in [-0.4, -0.2) is 46.8 Å². The minimum atomic E-state index is -1.12. The molecule has 0 saturated carbocycles. The number of hydrogen-bond donors (Lipinski definition) is 3. The topological polar surface area (TPSA) is 89.9 Å². The van der Waals surface area contributed by atoms with Crippen LogP contribution >= 0.6 is 0 Å². The van der Waals surface area contributed by atoms with Gasteiger partial charge >= 0.3 is 12.0 Å². The highest BCUT2D eigenvalue weighted by atomic mass is 16.4. The zero-order valence-corrected chi connectivity index (χ0v) is 11.6. The Hall–Kier alpha value is -2.08. The van der Waals surface area contributed by atoms with Crippen LogP contribution in [0.25, 0.3) is 0 Å². The number of urea groups is 1. The second-order valence-electron chi connectivity index (χ2n) is 4.69. The number of rotatable bonds is 6. The van der Waals surface area contributed by atoms with Crippen molar-refractivity contribution in [2.75, 3.05) is 13.6 Å². The highest BCUT2D eigenvalue weighted by Crippen LogP contribution is 2.13. The summed E-state index contributed by atoms with van der Waals surface area (Å²) < 4.78 is 0. The van der Waals surface area contributed by atoms with Gasteiger partial charge in [0.25, 0.3) is 0 Å². The first kappa shape index (κ1) is 16.0. The van der Waals surface area contributed by atoms with E-state index in [2.05, 4.69) is 5.32 Å². The number of carboxylic acid groups (broad SMARTS) is 1. The molecule has 0 bridgehead atoms. The van der Waals surface area contributed by atoms with Crippen LogP contribution in [0.4, 0.5) is 4.79 Å². The minimum Gasteiger partial charge on any atom is -0.479 e. The number of benzene rings is 1. The number of carboxylic acids is 1. The molecule has 3 N–H and O–H groups in total. The maximum atomic E-state index is 11.9. The Morgan fingerprint density at radius 2 is 1.90 bits per heavy atom. The lowest BCUT2D eigenvalue weighted by Gasteiger charge is -2.22. The fraction of sp³-hybridized carbons (Fsp3) is 0.429. The molecule has 6 heteroatoms. The molecule has 1 unspecified atom stereocenters. The smallest absolute Gasteiger partial charge is 0.330 e.